The Morgan fingerprint density at radius 1 is 1.00 bits per heavy atom. The quantitative estimate of drug-likeness (QED) is 0.705. The van der Waals surface area contributed by atoms with Crippen LogP contribution < -0.4 is 0 Å². The first-order chi connectivity index (χ1) is 15.2. The second-order valence-corrected chi connectivity index (χ2v) is 7.93. The smallest absolute Gasteiger partial charge is 0.254 e. The summed E-state index contributed by atoms with van der Waals surface area (Å²) in [5, 5.41) is 9.97. The number of aromatic nitrogens is 2. The van der Waals surface area contributed by atoms with E-state index in [0.29, 0.717) is 12.1 Å². The van der Waals surface area contributed by atoms with Gasteiger partial charge in [0.05, 0.1) is 18.7 Å². The molecule has 2 aliphatic rings. The van der Waals surface area contributed by atoms with E-state index in [2.05, 4.69) is 9.97 Å². The van der Waals surface area contributed by atoms with Crippen LogP contribution in [0.2, 0.25) is 0 Å². The lowest BCUT2D eigenvalue weighted by molar-refractivity contribution is -0.159. The fraction of sp³-hybridized carbons (Fsp3) is 0.250. The molecule has 1 N–H and O–H groups in total. The summed E-state index contributed by atoms with van der Waals surface area (Å²) >= 11 is 0. The van der Waals surface area contributed by atoms with Crippen molar-refractivity contribution < 1.29 is 14.7 Å². The number of nitrogens with zero attached hydrogens (tertiary/aromatic N) is 4. The van der Waals surface area contributed by atoms with Crippen molar-refractivity contribution in [3.05, 3.63) is 84.4 Å². The molecule has 0 bridgehead atoms. The number of rotatable bonds is 4. The number of carbonyl (C=O) groups excluding carboxylic acids is 2. The van der Waals surface area contributed by atoms with Gasteiger partial charge in [0.1, 0.15) is 6.54 Å². The Hall–Kier alpha value is -3.58. The van der Waals surface area contributed by atoms with Crippen LogP contribution in [0.4, 0.5) is 0 Å². The summed E-state index contributed by atoms with van der Waals surface area (Å²) in [5.41, 5.74) is 3.67. The Kier molecular flexibility index (Phi) is 4.95. The second-order valence-electron chi connectivity index (χ2n) is 7.93. The van der Waals surface area contributed by atoms with Gasteiger partial charge in [0.15, 0.2) is 0 Å². The SMILES string of the molecule is O=C(c1ccncc1)N1CC(=O)N2[C@H](CO)[C@@H](c3ccc(-c4cccnc4)cc3)[C@@H]2C1. The van der Waals surface area contributed by atoms with Crippen molar-refractivity contribution in [1.82, 2.24) is 19.8 Å². The van der Waals surface area contributed by atoms with Crippen LogP contribution in [0.5, 0.6) is 0 Å². The van der Waals surface area contributed by atoms with Crippen LogP contribution in [-0.2, 0) is 4.79 Å². The van der Waals surface area contributed by atoms with Gasteiger partial charge in [-0.2, -0.15) is 0 Å². The molecule has 5 rings (SSSR count). The fourth-order valence-corrected chi connectivity index (χ4v) is 4.76. The summed E-state index contributed by atoms with van der Waals surface area (Å²) in [5.74, 6) is -0.320. The summed E-state index contributed by atoms with van der Waals surface area (Å²) in [4.78, 5) is 37.1. The standard InChI is InChI=1S/C24H22N4O3/c29-15-21-23(17-5-3-16(4-6-17)19-2-1-9-26-12-19)20-13-27(14-22(30)28(20)21)24(31)18-7-10-25-11-8-18/h1-12,20-21,23,29H,13-15H2/t20-,21+,23-/m0/s1. The molecule has 2 aromatic heterocycles. The van der Waals surface area contributed by atoms with E-state index in [1.807, 2.05) is 42.6 Å². The minimum Gasteiger partial charge on any atom is -0.394 e. The highest BCUT2D eigenvalue weighted by atomic mass is 16.3. The second kappa shape index (κ2) is 7.92. The van der Waals surface area contributed by atoms with Gasteiger partial charge in [-0.1, -0.05) is 30.3 Å². The minimum atomic E-state index is -0.264. The van der Waals surface area contributed by atoms with Crippen molar-refractivity contribution in [3.63, 3.8) is 0 Å². The predicted octanol–water partition coefficient (Wildman–Crippen LogP) is 1.95. The first kappa shape index (κ1) is 19.4. The van der Waals surface area contributed by atoms with Crippen LogP contribution in [0.15, 0.2) is 73.3 Å². The van der Waals surface area contributed by atoms with Crippen LogP contribution >= 0.6 is 0 Å². The molecule has 0 spiro atoms. The molecule has 31 heavy (non-hydrogen) atoms. The Bertz CT molecular complexity index is 1090. The lowest BCUT2D eigenvalue weighted by Gasteiger charge is -2.58. The van der Waals surface area contributed by atoms with Crippen LogP contribution in [0.3, 0.4) is 0 Å². The van der Waals surface area contributed by atoms with Crippen LogP contribution in [0.1, 0.15) is 21.8 Å². The lowest BCUT2D eigenvalue weighted by atomic mass is 9.73. The number of aliphatic hydroxyl groups excluding tert-OH is 1. The van der Waals surface area contributed by atoms with Gasteiger partial charge in [-0.3, -0.25) is 19.6 Å². The Morgan fingerprint density at radius 2 is 1.77 bits per heavy atom. The first-order valence-corrected chi connectivity index (χ1v) is 10.3. The third kappa shape index (κ3) is 3.37. The molecular weight excluding hydrogens is 392 g/mol. The Labute approximate surface area is 180 Å². The number of fused-ring (bicyclic) bond motifs is 1. The highest BCUT2D eigenvalue weighted by Gasteiger charge is 2.54. The highest BCUT2D eigenvalue weighted by molar-refractivity contribution is 5.97. The molecule has 3 aromatic rings. The summed E-state index contributed by atoms with van der Waals surface area (Å²) in [6.45, 7) is 0.370. The van der Waals surface area contributed by atoms with Crippen molar-refractivity contribution in [2.45, 2.75) is 18.0 Å². The zero-order valence-electron chi connectivity index (χ0n) is 16.8. The molecule has 0 unspecified atom stereocenters. The normalized spacial score (nSPS) is 22.6. The van der Waals surface area contributed by atoms with Crippen molar-refractivity contribution in [2.75, 3.05) is 19.7 Å². The highest BCUT2D eigenvalue weighted by Crippen LogP contribution is 2.43. The molecule has 2 amide bonds. The number of pyridine rings is 2. The third-order valence-corrected chi connectivity index (χ3v) is 6.26. The Balaban J connectivity index is 1.39. The van der Waals surface area contributed by atoms with E-state index in [0.717, 1.165) is 16.7 Å². The number of aliphatic hydroxyl groups is 1. The zero-order chi connectivity index (χ0) is 21.4. The molecule has 2 fully saturated rings. The molecule has 7 nitrogen and oxygen atoms in total. The van der Waals surface area contributed by atoms with E-state index in [-0.39, 0.29) is 43.0 Å². The van der Waals surface area contributed by atoms with Gasteiger partial charge in [-0.15, -0.1) is 0 Å². The molecule has 0 saturated carbocycles. The number of amides is 2. The fourth-order valence-electron chi connectivity index (χ4n) is 4.76. The number of carbonyl (C=O) groups is 2. The van der Waals surface area contributed by atoms with Gasteiger partial charge in [-0.25, -0.2) is 0 Å². The molecule has 4 heterocycles. The van der Waals surface area contributed by atoms with E-state index >= 15 is 0 Å². The number of piperazine rings is 1. The first-order valence-electron chi connectivity index (χ1n) is 10.3. The molecule has 0 radical (unpaired) electrons. The van der Waals surface area contributed by atoms with Gasteiger partial charge in [-0.05, 0) is 34.9 Å². The van der Waals surface area contributed by atoms with Crippen molar-refractivity contribution >= 4 is 11.8 Å². The van der Waals surface area contributed by atoms with Crippen LogP contribution in [-0.4, -0.2) is 68.5 Å². The number of hydrogen-bond acceptors (Lipinski definition) is 5. The molecular formula is C24H22N4O3. The maximum atomic E-state index is 12.9. The topological polar surface area (TPSA) is 86.6 Å². The molecule has 156 valence electrons. The lowest BCUT2D eigenvalue weighted by Crippen LogP contribution is -2.73. The average molecular weight is 414 g/mol. The van der Waals surface area contributed by atoms with Gasteiger partial charge in [0.2, 0.25) is 5.91 Å². The Morgan fingerprint density at radius 3 is 2.45 bits per heavy atom. The van der Waals surface area contributed by atoms with Crippen molar-refractivity contribution in [1.29, 1.82) is 0 Å². The van der Waals surface area contributed by atoms with E-state index in [9.17, 15) is 14.7 Å². The maximum absolute atomic E-state index is 12.9. The average Bonchev–Trinajstić information content (AvgIpc) is 2.81. The number of benzene rings is 1. The van der Waals surface area contributed by atoms with Crippen LogP contribution in [0, 0.1) is 0 Å². The van der Waals surface area contributed by atoms with Crippen LogP contribution in [0.25, 0.3) is 11.1 Å². The van der Waals surface area contributed by atoms with E-state index < -0.39 is 0 Å². The van der Waals surface area contributed by atoms with Gasteiger partial charge in [0.25, 0.3) is 5.91 Å². The summed E-state index contributed by atoms with van der Waals surface area (Å²) in [7, 11) is 0. The number of hydrogen-bond donors (Lipinski definition) is 1. The van der Waals surface area contributed by atoms with Gasteiger partial charge >= 0.3 is 0 Å². The maximum Gasteiger partial charge on any atom is 0.254 e. The van der Waals surface area contributed by atoms with Crippen molar-refractivity contribution in [2.24, 2.45) is 0 Å². The summed E-state index contributed by atoms with van der Waals surface area (Å²) in [6, 6.07) is 15.0. The summed E-state index contributed by atoms with van der Waals surface area (Å²) < 4.78 is 0. The van der Waals surface area contributed by atoms with Crippen molar-refractivity contribution in [3.8, 4) is 11.1 Å². The molecule has 2 aliphatic heterocycles. The predicted molar refractivity (Wildman–Crippen MR) is 114 cm³/mol. The monoisotopic (exact) mass is 414 g/mol. The third-order valence-electron chi connectivity index (χ3n) is 6.26. The summed E-state index contributed by atoms with van der Waals surface area (Å²) in [6.07, 6.45) is 6.71. The minimum absolute atomic E-state index is 0.0232. The molecule has 7 heteroatoms. The van der Waals surface area contributed by atoms with Gasteiger partial charge in [0, 0.05) is 42.8 Å². The molecule has 3 atom stereocenters. The van der Waals surface area contributed by atoms with E-state index in [1.54, 1.807) is 40.5 Å². The van der Waals surface area contributed by atoms with E-state index in [1.165, 1.54) is 0 Å². The molecule has 2 saturated heterocycles. The largest absolute Gasteiger partial charge is 0.394 e. The van der Waals surface area contributed by atoms with E-state index in [4.69, 9.17) is 0 Å². The molecule has 0 aliphatic carbocycles. The van der Waals surface area contributed by atoms with Gasteiger partial charge < -0.3 is 14.9 Å². The zero-order valence-corrected chi connectivity index (χ0v) is 16.8. The molecule has 1 aromatic carbocycles.